The molecule has 3 nitrogen and oxygen atoms in total. The van der Waals surface area contributed by atoms with Gasteiger partial charge in [0.2, 0.25) is 0 Å². The molecule has 0 atom stereocenters. The van der Waals surface area contributed by atoms with Gasteiger partial charge in [0.05, 0.1) is 13.2 Å². The Balaban J connectivity index is 1.62. The smallest absolute Gasteiger partial charge is 0.120 e. The van der Waals surface area contributed by atoms with Crippen LogP contribution in [-0.4, -0.2) is 44.4 Å². The maximum absolute atomic E-state index is 5.84. The summed E-state index contributed by atoms with van der Waals surface area (Å²) in [5, 5.41) is 4.24. The van der Waals surface area contributed by atoms with Gasteiger partial charge in [0, 0.05) is 18.5 Å². The zero-order valence-corrected chi connectivity index (χ0v) is 18.9. The van der Waals surface area contributed by atoms with Crippen molar-refractivity contribution in [3.63, 3.8) is 0 Å². The lowest BCUT2D eigenvalue weighted by molar-refractivity contribution is 0.0832. The third-order valence-electron chi connectivity index (χ3n) is 4.20. The van der Waals surface area contributed by atoms with Crippen LogP contribution in [0.15, 0.2) is 53.2 Å². The molecule has 0 radical (unpaired) electrons. The minimum absolute atomic E-state index is 0.0515. The number of thiophene rings is 1. The van der Waals surface area contributed by atoms with Crippen LogP contribution in [0.25, 0.3) is 11.1 Å². The standard InChI is InChI=1S/C25H33NO2S/c1-5-26(14-8-6-7-13-25(2,3)4)15-16-27-17-18-28-24-11-9-10-22(20-24)23-12-19-29-21-23/h6,8-12,19-21H,5,14-18H2,1-4H3/b8-6+. The predicted octanol–water partition coefficient (Wildman–Crippen LogP) is 5.74. The average Bonchev–Trinajstić information content (AvgIpc) is 3.23. The summed E-state index contributed by atoms with van der Waals surface area (Å²) in [6.07, 6.45) is 4.07. The Kier molecular flexibility index (Phi) is 10.0. The van der Waals surface area contributed by atoms with Gasteiger partial charge in [-0.15, -0.1) is 0 Å². The van der Waals surface area contributed by atoms with Crippen molar-refractivity contribution in [3.8, 4) is 28.7 Å². The van der Waals surface area contributed by atoms with E-state index in [0.717, 1.165) is 25.4 Å². The quantitative estimate of drug-likeness (QED) is 0.348. The monoisotopic (exact) mass is 411 g/mol. The van der Waals surface area contributed by atoms with Gasteiger partial charge in [-0.2, -0.15) is 11.3 Å². The normalized spacial score (nSPS) is 11.6. The van der Waals surface area contributed by atoms with E-state index in [0.29, 0.717) is 19.8 Å². The lowest BCUT2D eigenvalue weighted by Gasteiger charge is -2.18. The molecule has 0 fully saturated rings. The fraction of sp³-hybridized carbons (Fsp3) is 0.440. The first-order valence-corrected chi connectivity index (χ1v) is 11.2. The topological polar surface area (TPSA) is 21.7 Å². The van der Waals surface area contributed by atoms with E-state index in [9.17, 15) is 0 Å². The number of rotatable bonds is 11. The molecule has 0 N–H and O–H groups in total. The van der Waals surface area contributed by atoms with Crippen molar-refractivity contribution < 1.29 is 9.47 Å². The molecule has 0 amide bonds. The highest BCUT2D eigenvalue weighted by atomic mass is 32.1. The summed E-state index contributed by atoms with van der Waals surface area (Å²) >= 11 is 1.70. The summed E-state index contributed by atoms with van der Waals surface area (Å²) in [5.74, 6) is 7.21. The van der Waals surface area contributed by atoms with E-state index in [2.05, 4.69) is 79.5 Å². The molecule has 156 valence electrons. The minimum Gasteiger partial charge on any atom is -0.491 e. The van der Waals surface area contributed by atoms with E-state index in [4.69, 9.17) is 9.47 Å². The summed E-state index contributed by atoms with van der Waals surface area (Å²) < 4.78 is 11.6. The van der Waals surface area contributed by atoms with Crippen molar-refractivity contribution in [1.82, 2.24) is 4.90 Å². The van der Waals surface area contributed by atoms with Gasteiger partial charge in [-0.05, 0) is 73.5 Å². The summed E-state index contributed by atoms with van der Waals surface area (Å²) in [6.45, 7) is 13.2. The van der Waals surface area contributed by atoms with E-state index in [1.165, 1.54) is 11.1 Å². The van der Waals surface area contributed by atoms with Crippen LogP contribution in [-0.2, 0) is 4.74 Å². The SMILES string of the molecule is CCN(C/C=C/C#CC(C)(C)C)CCOCCOc1cccc(-c2ccsc2)c1. The van der Waals surface area contributed by atoms with Crippen molar-refractivity contribution in [2.75, 3.05) is 39.5 Å². The molecule has 1 aromatic carbocycles. The molecular weight excluding hydrogens is 378 g/mol. The van der Waals surface area contributed by atoms with E-state index in [-0.39, 0.29) is 5.41 Å². The lowest BCUT2D eigenvalue weighted by Crippen LogP contribution is -2.28. The molecule has 4 heteroatoms. The number of likely N-dealkylation sites (N-methyl/N-ethyl adjacent to an activating group) is 1. The Hall–Kier alpha value is -2.06. The van der Waals surface area contributed by atoms with Crippen LogP contribution in [0.1, 0.15) is 27.7 Å². The van der Waals surface area contributed by atoms with Crippen molar-refractivity contribution in [1.29, 1.82) is 0 Å². The van der Waals surface area contributed by atoms with E-state index < -0.39 is 0 Å². The number of ether oxygens (including phenoxy) is 2. The molecule has 1 aromatic heterocycles. The first kappa shape index (κ1) is 23.2. The molecule has 0 saturated heterocycles. The first-order chi connectivity index (χ1) is 14.0. The third-order valence-corrected chi connectivity index (χ3v) is 4.88. The maximum atomic E-state index is 5.84. The van der Waals surface area contributed by atoms with Crippen molar-refractivity contribution in [3.05, 3.63) is 53.2 Å². The van der Waals surface area contributed by atoms with Gasteiger partial charge >= 0.3 is 0 Å². The Morgan fingerprint density at radius 3 is 2.69 bits per heavy atom. The molecule has 0 bridgehead atoms. The Morgan fingerprint density at radius 1 is 1.10 bits per heavy atom. The fourth-order valence-corrected chi connectivity index (χ4v) is 3.27. The highest BCUT2D eigenvalue weighted by Crippen LogP contribution is 2.25. The molecule has 29 heavy (non-hydrogen) atoms. The van der Waals surface area contributed by atoms with Crippen molar-refractivity contribution in [2.24, 2.45) is 5.41 Å². The van der Waals surface area contributed by atoms with Crippen LogP contribution in [0.3, 0.4) is 0 Å². The first-order valence-electron chi connectivity index (χ1n) is 10.2. The zero-order valence-electron chi connectivity index (χ0n) is 18.1. The fourth-order valence-electron chi connectivity index (χ4n) is 2.61. The van der Waals surface area contributed by atoms with Crippen LogP contribution >= 0.6 is 11.3 Å². The summed E-state index contributed by atoms with van der Waals surface area (Å²) in [7, 11) is 0. The van der Waals surface area contributed by atoms with Gasteiger partial charge < -0.3 is 9.47 Å². The highest BCUT2D eigenvalue weighted by molar-refractivity contribution is 7.08. The average molecular weight is 412 g/mol. The number of hydrogen-bond donors (Lipinski definition) is 0. The van der Waals surface area contributed by atoms with Crippen LogP contribution in [0.2, 0.25) is 0 Å². The number of hydrogen-bond acceptors (Lipinski definition) is 4. The molecule has 1 heterocycles. The lowest BCUT2D eigenvalue weighted by atomic mass is 9.98. The predicted molar refractivity (Wildman–Crippen MR) is 125 cm³/mol. The Labute approximate surface area is 180 Å². The molecular formula is C25H33NO2S. The molecule has 0 aliphatic carbocycles. The second kappa shape index (κ2) is 12.5. The summed E-state index contributed by atoms with van der Waals surface area (Å²) in [4.78, 5) is 2.33. The van der Waals surface area contributed by atoms with Crippen LogP contribution in [0, 0.1) is 17.3 Å². The maximum Gasteiger partial charge on any atom is 0.120 e. The van der Waals surface area contributed by atoms with Crippen molar-refractivity contribution in [2.45, 2.75) is 27.7 Å². The summed E-state index contributed by atoms with van der Waals surface area (Å²) in [6, 6.07) is 10.3. The highest BCUT2D eigenvalue weighted by Gasteiger charge is 2.03. The number of benzene rings is 1. The van der Waals surface area contributed by atoms with Gasteiger partial charge in [-0.3, -0.25) is 4.90 Å². The number of nitrogens with zero attached hydrogens (tertiary/aromatic N) is 1. The Morgan fingerprint density at radius 2 is 1.97 bits per heavy atom. The van der Waals surface area contributed by atoms with Crippen LogP contribution < -0.4 is 4.74 Å². The zero-order chi connectivity index (χ0) is 21.0. The van der Waals surface area contributed by atoms with Crippen molar-refractivity contribution >= 4 is 11.3 Å². The van der Waals surface area contributed by atoms with Gasteiger partial charge in [-0.25, -0.2) is 0 Å². The second-order valence-electron chi connectivity index (χ2n) is 7.82. The van der Waals surface area contributed by atoms with Gasteiger partial charge in [0.1, 0.15) is 12.4 Å². The Bertz CT molecular complexity index is 794. The van der Waals surface area contributed by atoms with E-state index in [1.807, 2.05) is 18.2 Å². The van der Waals surface area contributed by atoms with Crippen LogP contribution in [0.5, 0.6) is 5.75 Å². The molecule has 0 spiro atoms. The minimum atomic E-state index is 0.0515. The van der Waals surface area contributed by atoms with Gasteiger partial charge in [-0.1, -0.05) is 37.0 Å². The third kappa shape index (κ3) is 9.80. The molecule has 2 rings (SSSR count). The van der Waals surface area contributed by atoms with Gasteiger partial charge in [0.15, 0.2) is 0 Å². The molecule has 0 aliphatic heterocycles. The van der Waals surface area contributed by atoms with E-state index in [1.54, 1.807) is 11.3 Å². The van der Waals surface area contributed by atoms with E-state index >= 15 is 0 Å². The van der Waals surface area contributed by atoms with Gasteiger partial charge in [0.25, 0.3) is 0 Å². The largest absolute Gasteiger partial charge is 0.491 e. The molecule has 0 aliphatic rings. The second-order valence-corrected chi connectivity index (χ2v) is 8.60. The van der Waals surface area contributed by atoms with Crippen LogP contribution in [0.4, 0.5) is 0 Å². The summed E-state index contributed by atoms with van der Waals surface area (Å²) in [5.41, 5.74) is 2.47. The molecule has 0 unspecified atom stereocenters. The molecule has 0 saturated carbocycles. The molecule has 2 aromatic rings. The number of allylic oxidation sites excluding steroid dienone is 1.